The van der Waals surface area contributed by atoms with E-state index in [2.05, 4.69) is 46.3 Å². The lowest BCUT2D eigenvalue weighted by molar-refractivity contribution is 0.420. The normalized spacial score (nSPS) is 11.0. The number of hydrogen-bond donors (Lipinski definition) is 0. The summed E-state index contributed by atoms with van der Waals surface area (Å²) in [4.78, 5) is 0. The smallest absolute Gasteiger partial charge is 0.149 e. The average Bonchev–Trinajstić information content (AvgIpc) is 2.57. The largest absolute Gasteiger partial charge is 0.495 e. The molecule has 0 radical (unpaired) electrons. The second-order valence-corrected chi connectivity index (χ2v) is 7.01. The van der Waals surface area contributed by atoms with Crippen LogP contribution in [0.25, 0.3) is 31.3 Å². The van der Waals surface area contributed by atoms with Gasteiger partial charge < -0.3 is 9.15 Å². The average molecular weight is 385 g/mol. The lowest BCUT2D eigenvalue weighted by atomic mass is 10.1. The van der Waals surface area contributed by atoms with E-state index in [1.54, 1.807) is 18.4 Å². The van der Waals surface area contributed by atoms with E-state index in [1.807, 2.05) is 30.3 Å². The minimum Gasteiger partial charge on any atom is -0.495 e. The van der Waals surface area contributed by atoms with Crippen molar-refractivity contribution in [1.82, 2.24) is 0 Å². The summed E-state index contributed by atoms with van der Waals surface area (Å²) in [6.45, 7) is 0. The highest BCUT2D eigenvalue weighted by molar-refractivity contribution is 9.10. The Balaban J connectivity index is 2.37. The number of benzene rings is 3. The molecule has 0 amide bonds. The van der Waals surface area contributed by atoms with Crippen LogP contribution in [0.4, 0.5) is 0 Å². The highest BCUT2D eigenvalue weighted by Gasteiger charge is 2.08. The third-order valence-corrected chi connectivity index (χ3v) is 5.54. The van der Waals surface area contributed by atoms with Gasteiger partial charge in [0, 0.05) is 15.5 Å². The van der Waals surface area contributed by atoms with Gasteiger partial charge in [-0.3, -0.25) is 0 Å². The summed E-state index contributed by atoms with van der Waals surface area (Å²) >= 11 is 5.29. The highest BCUT2D eigenvalue weighted by atomic mass is 79.9. The third kappa shape index (κ3) is 2.48. The first-order valence-corrected chi connectivity index (χ1v) is 8.79. The number of para-hydroxylation sites is 1. The van der Waals surface area contributed by atoms with E-state index in [9.17, 15) is 0 Å². The van der Waals surface area contributed by atoms with Crippen LogP contribution in [0, 0.1) is 0 Å². The van der Waals surface area contributed by atoms with Crippen LogP contribution in [-0.4, -0.2) is 7.11 Å². The van der Waals surface area contributed by atoms with Crippen molar-refractivity contribution in [2.24, 2.45) is 0 Å². The Morgan fingerprint density at radius 1 is 0.913 bits per heavy atom. The van der Waals surface area contributed by atoms with Crippen LogP contribution in [0.1, 0.15) is 0 Å². The summed E-state index contributed by atoms with van der Waals surface area (Å²) in [5.74, 6) is 0.817. The molecule has 1 aromatic heterocycles. The van der Waals surface area contributed by atoms with E-state index < -0.39 is 0 Å². The van der Waals surface area contributed by atoms with Gasteiger partial charge in [0.05, 0.1) is 11.6 Å². The first-order chi connectivity index (χ1) is 11.3. The van der Waals surface area contributed by atoms with Gasteiger partial charge in [0.15, 0.2) is 0 Å². The second kappa shape index (κ2) is 5.87. The number of halogens is 1. The first kappa shape index (κ1) is 14.5. The molecule has 0 aliphatic heterocycles. The molecule has 0 unspecified atom stereocenters. The molecular weight excluding hydrogens is 372 g/mol. The van der Waals surface area contributed by atoms with Crippen LogP contribution in [0.5, 0.6) is 5.75 Å². The molecule has 4 heteroatoms. The molecule has 23 heavy (non-hydrogen) atoms. The maximum absolute atomic E-state index is 6.26. The van der Waals surface area contributed by atoms with E-state index in [0.29, 0.717) is 0 Å². The van der Waals surface area contributed by atoms with Crippen molar-refractivity contribution in [2.75, 3.05) is 7.11 Å². The minimum absolute atomic E-state index is 0.803. The van der Waals surface area contributed by atoms with E-state index in [4.69, 9.17) is 9.15 Å². The number of ether oxygens (including phenoxy) is 1. The molecule has 4 rings (SSSR count). The van der Waals surface area contributed by atoms with Gasteiger partial charge in [-0.2, -0.15) is 0 Å². The molecular formula is C19H13BrO2S. The predicted molar refractivity (Wildman–Crippen MR) is 101 cm³/mol. The molecule has 4 aromatic rings. The Kier molecular flexibility index (Phi) is 3.71. The summed E-state index contributed by atoms with van der Waals surface area (Å²) in [7, 11) is 1.69. The van der Waals surface area contributed by atoms with Gasteiger partial charge >= 0.3 is 0 Å². The fraction of sp³-hybridized carbons (Fsp3) is 0.0526. The predicted octanol–water partition coefficient (Wildman–Crippen LogP) is 6.70. The zero-order valence-corrected chi connectivity index (χ0v) is 14.8. The van der Waals surface area contributed by atoms with E-state index in [1.165, 1.54) is 4.70 Å². The summed E-state index contributed by atoms with van der Waals surface area (Å²) in [6, 6.07) is 20.4. The second-order valence-electron chi connectivity index (χ2n) is 5.10. The summed E-state index contributed by atoms with van der Waals surface area (Å²) in [5, 5.41) is 2.24. The van der Waals surface area contributed by atoms with Crippen molar-refractivity contribution in [3.8, 4) is 5.75 Å². The lowest BCUT2D eigenvalue weighted by Gasteiger charge is -2.06. The van der Waals surface area contributed by atoms with Crippen molar-refractivity contribution >= 4 is 58.6 Å². The van der Waals surface area contributed by atoms with Gasteiger partial charge in [-0.05, 0) is 40.2 Å². The molecule has 1 heterocycles. The quantitative estimate of drug-likeness (QED) is 0.364. The van der Waals surface area contributed by atoms with E-state index >= 15 is 0 Å². The fourth-order valence-electron chi connectivity index (χ4n) is 2.66. The molecule has 0 saturated heterocycles. The molecule has 0 atom stereocenters. The van der Waals surface area contributed by atoms with Gasteiger partial charge in [0.1, 0.15) is 21.6 Å². The van der Waals surface area contributed by atoms with Crippen molar-refractivity contribution in [1.29, 1.82) is 0 Å². The maximum Gasteiger partial charge on any atom is 0.149 e. The molecule has 0 fully saturated rings. The Bertz CT molecular complexity index is 1080. The first-order valence-electron chi connectivity index (χ1n) is 7.18. The molecule has 114 valence electrons. The standard InChI is InChI=1S/C19H13BrO2S/c1-21-15-9-5-10-16-19(15)23-17-11-3-2-6-12(17)13-7-4-8-14(20)18(13)22-16/h2-11H,1H3. The van der Waals surface area contributed by atoms with Crippen molar-refractivity contribution in [3.63, 3.8) is 0 Å². The molecule has 0 N–H and O–H groups in total. The van der Waals surface area contributed by atoms with Crippen LogP contribution < -0.4 is 4.74 Å². The van der Waals surface area contributed by atoms with Gasteiger partial charge in [-0.25, -0.2) is 0 Å². The molecule has 0 bridgehead atoms. The van der Waals surface area contributed by atoms with Gasteiger partial charge in [0.2, 0.25) is 0 Å². The highest BCUT2D eigenvalue weighted by Crippen LogP contribution is 2.36. The number of methoxy groups -OCH3 is 1. The Morgan fingerprint density at radius 2 is 1.70 bits per heavy atom. The summed E-state index contributed by atoms with van der Waals surface area (Å²) in [6.07, 6.45) is 0. The van der Waals surface area contributed by atoms with Crippen molar-refractivity contribution in [3.05, 3.63) is 65.1 Å². The SMILES string of the molecule is COc1cccc2oc3c(Br)cccc3c3ccccc3sc12. The van der Waals surface area contributed by atoms with Crippen LogP contribution in [-0.2, 0) is 0 Å². The number of hydrogen-bond acceptors (Lipinski definition) is 3. The zero-order chi connectivity index (χ0) is 15.8. The van der Waals surface area contributed by atoms with Crippen LogP contribution >= 0.6 is 27.3 Å². The third-order valence-electron chi connectivity index (χ3n) is 3.73. The number of fused-ring (bicyclic) bond motifs is 4. The van der Waals surface area contributed by atoms with Crippen molar-refractivity contribution in [2.45, 2.75) is 0 Å². The zero-order valence-electron chi connectivity index (χ0n) is 12.4. The molecule has 0 saturated carbocycles. The molecule has 0 spiro atoms. The van der Waals surface area contributed by atoms with Crippen LogP contribution in [0.3, 0.4) is 0 Å². The monoisotopic (exact) mass is 384 g/mol. The topological polar surface area (TPSA) is 22.4 Å². The Morgan fingerprint density at radius 3 is 2.57 bits per heavy atom. The minimum atomic E-state index is 0.803. The molecule has 0 aliphatic carbocycles. The van der Waals surface area contributed by atoms with Gasteiger partial charge in [0.25, 0.3) is 0 Å². The molecule has 3 aromatic carbocycles. The lowest BCUT2D eigenvalue weighted by Crippen LogP contribution is -1.83. The maximum atomic E-state index is 6.26. The Hall–Kier alpha value is -2.04. The molecule has 2 nitrogen and oxygen atoms in total. The summed E-state index contributed by atoms with van der Waals surface area (Å²) < 4.78 is 14.9. The van der Waals surface area contributed by atoms with E-state index in [0.717, 1.165) is 36.9 Å². The summed E-state index contributed by atoms with van der Waals surface area (Å²) in [5.41, 5.74) is 1.63. The fourth-order valence-corrected chi connectivity index (χ4v) is 4.22. The van der Waals surface area contributed by atoms with Crippen LogP contribution in [0.2, 0.25) is 0 Å². The van der Waals surface area contributed by atoms with Gasteiger partial charge in [-0.1, -0.05) is 36.4 Å². The Labute approximate surface area is 145 Å². The van der Waals surface area contributed by atoms with Crippen LogP contribution in [0.15, 0.2) is 69.6 Å². The molecule has 0 aliphatic rings. The number of rotatable bonds is 1. The van der Waals surface area contributed by atoms with Crippen molar-refractivity contribution < 1.29 is 9.15 Å². The van der Waals surface area contributed by atoms with E-state index in [-0.39, 0.29) is 0 Å². The van der Waals surface area contributed by atoms with Gasteiger partial charge in [-0.15, -0.1) is 11.3 Å².